The smallest absolute Gasteiger partial charge is 0.123 e. The molecule has 3 aromatic rings. The molecule has 1 N–H and O–H groups in total. The predicted molar refractivity (Wildman–Crippen MR) is 111 cm³/mol. The lowest BCUT2D eigenvalue weighted by Crippen LogP contribution is -2.49. The largest absolute Gasteiger partial charge is 0.491 e. The fraction of sp³-hybridized carbons (Fsp3) is 0.304. The van der Waals surface area contributed by atoms with E-state index in [-0.39, 0.29) is 12.4 Å². The van der Waals surface area contributed by atoms with Crippen LogP contribution < -0.4 is 9.64 Å². The third-order valence-corrected chi connectivity index (χ3v) is 5.20. The van der Waals surface area contributed by atoms with Crippen molar-refractivity contribution in [1.82, 2.24) is 4.90 Å². The molecular weight excluding hydrogens is 355 g/mol. The molecule has 1 fully saturated rings. The number of fused-ring (bicyclic) bond motifs is 1. The van der Waals surface area contributed by atoms with Crippen LogP contribution in [0, 0.1) is 5.82 Å². The highest BCUT2D eigenvalue weighted by Crippen LogP contribution is 2.21. The molecule has 0 amide bonds. The average molecular weight is 380 g/mol. The van der Waals surface area contributed by atoms with E-state index < -0.39 is 6.10 Å². The Kier molecular flexibility index (Phi) is 5.74. The summed E-state index contributed by atoms with van der Waals surface area (Å²) in [5.74, 6) is 0.566. The molecule has 0 bridgehead atoms. The summed E-state index contributed by atoms with van der Waals surface area (Å²) in [5.41, 5.74) is 1.04. The molecule has 146 valence electrons. The van der Waals surface area contributed by atoms with Gasteiger partial charge in [-0.25, -0.2) is 4.39 Å². The van der Waals surface area contributed by atoms with Crippen LogP contribution in [0.3, 0.4) is 0 Å². The van der Waals surface area contributed by atoms with Gasteiger partial charge in [-0.2, -0.15) is 0 Å². The molecule has 4 nitrogen and oxygen atoms in total. The molecule has 28 heavy (non-hydrogen) atoms. The average Bonchev–Trinajstić information content (AvgIpc) is 2.73. The Morgan fingerprint density at radius 3 is 2.36 bits per heavy atom. The molecule has 5 heteroatoms. The van der Waals surface area contributed by atoms with Crippen LogP contribution in [-0.2, 0) is 0 Å². The van der Waals surface area contributed by atoms with Crippen molar-refractivity contribution in [3.63, 3.8) is 0 Å². The van der Waals surface area contributed by atoms with E-state index in [1.165, 1.54) is 17.5 Å². The van der Waals surface area contributed by atoms with Crippen LogP contribution in [0.1, 0.15) is 0 Å². The van der Waals surface area contributed by atoms with E-state index in [0.717, 1.165) is 43.0 Å². The van der Waals surface area contributed by atoms with Crippen LogP contribution in [0.2, 0.25) is 0 Å². The number of aliphatic hydroxyl groups excluding tert-OH is 1. The molecule has 4 rings (SSSR count). The molecule has 0 saturated carbocycles. The van der Waals surface area contributed by atoms with E-state index in [1.807, 2.05) is 42.5 Å². The fourth-order valence-electron chi connectivity index (χ4n) is 3.64. The van der Waals surface area contributed by atoms with Crippen molar-refractivity contribution in [2.24, 2.45) is 0 Å². The van der Waals surface area contributed by atoms with Gasteiger partial charge in [0, 0.05) is 38.4 Å². The minimum absolute atomic E-state index is 0.211. The first kappa shape index (κ1) is 18.7. The van der Waals surface area contributed by atoms with Gasteiger partial charge >= 0.3 is 0 Å². The summed E-state index contributed by atoms with van der Waals surface area (Å²) in [6.45, 7) is 4.32. The van der Waals surface area contributed by atoms with Crippen LogP contribution >= 0.6 is 0 Å². The third-order valence-electron chi connectivity index (χ3n) is 5.20. The standard InChI is InChI=1S/C23H25FN2O2/c24-20-6-8-21(9-7-20)26-13-11-25(12-14-26)16-22(27)17-28-23-10-5-18-3-1-2-4-19(18)15-23/h1-10,15,22,27H,11-14,16-17H2/t22-/m1/s1. The lowest BCUT2D eigenvalue weighted by atomic mass is 10.1. The molecule has 1 aliphatic rings. The van der Waals surface area contributed by atoms with Crippen LogP contribution in [0.15, 0.2) is 66.7 Å². The van der Waals surface area contributed by atoms with Crippen molar-refractivity contribution in [2.45, 2.75) is 6.10 Å². The van der Waals surface area contributed by atoms with E-state index in [4.69, 9.17) is 4.74 Å². The number of anilines is 1. The molecule has 1 saturated heterocycles. The number of β-amino-alcohol motifs (C(OH)–C–C–N with tert-alkyl or cyclic N) is 1. The lowest BCUT2D eigenvalue weighted by molar-refractivity contribution is 0.0663. The highest BCUT2D eigenvalue weighted by atomic mass is 19.1. The summed E-state index contributed by atoms with van der Waals surface area (Å²) in [7, 11) is 0. The van der Waals surface area contributed by atoms with Crippen molar-refractivity contribution >= 4 is 16.5 Å². The minimum atomic E-state index is -0.538. The molecule has 3 aromatic carbocycles. The quantitative estimate of drug-likeness (QED) is 0.710. The molecule has 1 aliphatic heterocycles. The molecule has 0 spiro atoms. The maximum absolute atomic E-state index is 13.1. The fourth-order valence-corrected chi connectivity index (χ4v) is 3.64. The van der Waals surface area contributed by atoms with Gasteiger partial charge in [0.25, 0.3) is 0 Å². The van der Waals surface area contributed by atoms with Gasteiger partial charge in [-0.05, 0) is 47.2 Å². The van der Waals surface area contributed by atoms with Crippen molar-refractivity contribution in [3.8, 4) is 5.75 Å². The Balaban J connectivity index is 1.24. The van der Waals surface area contributed by atoms with Crippen LogP contribution in [0.25, 0.3) is 10.8 Å². The number of hydrogen-bond acceptors (Lipinski definition) is 4. The molecule has 1 heterocycles. The zero-order valence-electron chi connectivity index (χ0n) is 15.8. The topological polar surface area (TPSA) is 35.9 Å². The number of hydrogen-bond donors (Lipinski definition) is 1. The van der Waals surface area contributed by atoms with Crippen molar-refractivity contribution in [3.05, 3.63) is 72.5 Å². The Bertz CT molecular complexity index is 908. The highest BCUT2D eigenvalue weighted by Gasteiger charge is 2.19. The second-order valence-electron chi connectivity index (χ2n) is 7.24. The molecule has 0 aliphatic carbocycles. The Morgan fingerprint density at radius 1 is 0.893 bits per heavy atom. The number of piperazine rings is 1. The van der Waals surface area contributed by atoms with Gasteiger partial charge in [0.2, 0.25) is 0 Å². The molecular formula is C23H25FN2O2. The number of rotatable bonds is 6. The number of halogens is 1. The van der Waals surface area contributed by atoms with Crippen molar-refractivity contribution in [1.29, 1.82) is 0 Å². The Labute approximate surface area is 164 Å². The minimum Gasteiger partial charge on any atom is -0.491 e. The van der Waals surface area contributed by atoms with E-state index >= 15 is 0 Å². The lowest BCUT2D eigenvalue weighted by Gasteiger charge is -2.36. The van der Waals surface area contributed by atoms with E-state index in [9.17, 15) is 9.50 Å². The number of benzene rings is 3. The van der Waals surface area contributed by atoms with Crippen LogP contribution in [0.5, 0.6) is 5.75 Å². The summed E-state index contributed by atoms with van der Waals surface area (Å²) in [6, 6.07) is 20.7. The van der Waals surface area contributed by atoms with Gasteiger partial charge in [0.05, 0.1) is 0 Å². The van der Waals surface area contributed by atoms with Gasteiger partial charge in [-0.3, -0.25) is 4.90 Å². The summed E-state index contributed by atoms with van der Waals surface area (Å²) >= 11 is 0. The van der Waals surface area contributed by atoms with E-state index in [2.05, 4.69) is 21.9 Å². The first-order valence-electron chi connectivity index (χ1n) is 9.70. The van der Waals surface area contributed by atoms with E-state index in [0.29, 0.717) is 6.54 Å². The number of ether oxygens (including phenoxy) is 1. The summed E-state index contributed by atoms with van der Waals surface area (Å²) in [6.07, 6.45) is -0.538. The second kappa shape index (κ2) is 8.59. The van der Waals surface area contributed by atoms with Gasteiger partial charge in [-0.1, -0.05) is 30.3 Å². The normalized spacial score (nSPS) is 16.3. The van der Waals surface area contributed by atoms with Crippen LogP contribution in [0.4, 0.5) is 10.1 Å². The first-order valence-corrected chi connectivity index (χ1v) is 9.70. The highest BCUT2D eigenvalue weighted by molar-refractivity contribution is 5.83. The predicted octanol–water partition coefficient (Wildman–Crippen LogP) is 3.54. The zero-order chi connectivity index (χ0) is 19.3. The number of nitrogens with zero attached hydrogens (tertiary/aromatic N) is 2. The van der Waals surface area contributed by atoms with Crippen molar-refractivity contribution < 1.29 is 14.2 Å². The summed E-state index contributed by atoms with van der Waals surface area (Å²) in [4.78, 5) is 4.49. The Morgan fingerprint density at radius 2 is 1.61 bits per heavy atom. The molecule has 0 unspecified atom stereocenters. The Hall–Kier alpha value is -2.63. The van der Waals surface area contributed by atoms with Crippen molar-refractivity contribution in [2.75, 3.05) is 44.2 Å². The van der Waals surface area contributed by atoms with E-state index in [1.54, 1.807) is 0 Å². The van der Waals surface area contributed by atoms with Gasteiger partial charge in [0.1, 0.15) is 24.3 Å². The maximum Gasteiger partial charge on any atom is 0.123 e. The third kappa shape index (κ3) is 4.61. The maximum atomic E-state index is 13.1. The summed E-state index contributed by atoms with van der Waals surface area (Å²) < 4.78 is 18.9. The van der Waals surface area contributed by atoms with Crippen LogP contribution in [-0.4, -0.2) is 55.4 Å². The zero-order valence-corrected chi connectivity index (χ0v) is 15.8. The summed E-state index contributed by atoms with van der Waals surface area (Å²) in [5, 5.41) is 12.7. The SMILES string of the molecule is O[C@@H](COc1ccc2ccccc2c1)CN1CCN(c2ccc(F)cc2)CC1. The van der Waals surface area contributed by atoms with Gasteiger partial charge in [-0.15, -0.1) is 0 Å². The monoisotopic (exact) mass is 380 g/mol. The number of aliphatic hydroxyl groups is 1. The van der Waals surface area contributed by atoms with Gasteiger partial charge in [0.15, 0.2) is 0 Å². The molecule has 0 aromatic heterocycles. The molecule has 0 radical (unpaired) electrons. The van der Waals surface area contributed by atoms with Gasteiger partial charge < -0.3 is 14.7 Å². The second-order valence-corrected chi connectivity index (χ2v) is 7.24. The first-order chi connectivity index (χ1) is 13.7. The molecule has 1 atom stereocenters.